The van der Waals surface area contributed by atoms with Gasteiger partial charge in [0.1, 0.15) is 0 Å². The quantitative estimate of drug-likeness (QED) is 0.417. The maximum atomic E-state index is 3.36. The zero-order chi connectivity index (χ0) is 12.9. The van der Waals surface area contributed by atoms with Gasteiger partial charge in [-0.1, -0.05) is 18.2 Å². The number of nitrogens with zero attached hydrogens (tertiary/aromatic N) is 1. The van der Waals surface area contributed by atoms with Crippen molar-refractivity contribution in [2.75, 3.05) is 0 Å². The van der Waals surface area contributed by atoms with Crippen LogP contribution in [0.15, 0.2) is 67.0 Å². The number of fused-ring (bicyclic) bond motifs is 1. The van der Waals surface area contributed by atoms with Gasteiger partial charge in [0.25, 0.3) is 0 Å². The van der Waals surface area contributed by atoms with Crippen LogP contribution in [0.3, 0.4) is 0 Å². The molecule has 2 aliphatic rings. The number of hydrogen-bond donors (Lipinski definition) is 0. The molecule has 1 heterocycles. The summed E-state index contributed by atoms with van der Waals surface area (Å²) in [6, 6.07) is 12.8. The standard InChI is InChI=1S/C13H10N.C5H5.2ClH.Ti/c1-2-6-12-11(5-1)7-8-13(12)14-9-3-4-10-14;1-2-4-5-3-1;;;/h1-7,9-10,13H;1-3H,4H2;2*1H;/q2*-1;;;+4/p-2. The Balaban J connectivity index is 0.000000482. The number of allylic oxidation sites excluding steroid dienone is 5. The summed E-state index contributed by atoms with van der Waals surface area (Å²) < 4.78 is 2.17. The number of rotatable bonds is 1. The van der Waals surface area contributed by atoms with Crippen molar-refractivity contribution in [2.24, 2.45) is 0 Å². The molecule has 0 saturated carbocycles. The van der Waals surface area contributed by atoms with E-state index in [4.69, 9.17) is 0 Å². The van der Waals surface area contributed by atoms with Crippen molar-refractivity contribution >= 4 is 6.08 Å². The van der Waals surface area contributed by atoms with Crippen molar-refractivity contribution in [1.82, 2.24) is 4.57 Å². The molecule has 22 heavy (non-hydrogen) atoms. The summed E-state index contributed by atoms with van der Waals surface area (Å²) in [7, 11) is 0. The Morgan fingerprint density at radius 1 is 1.00 bits per heavy atom. The second-order valence-electron chi connectivity index (χ2n) is 4.48. The van der Waals surface area contributed by atoms with Gasteiger partial charge in [-0.05, 0) is 18.2 Å². The minimum Gasteiger partial charge on any atom is -1.00 e. The second-order valence-corrected chi connectivity index (χ2v) is 4.48. The molecule has 110 valence electrons. The third-order valence-electron chi connectivity index (χ3n) is 3.20. The fraction of sp³-hybridized carbons (Fsp3) is 0.111. The molecule has 0 N–H and O–H groups in total. The first-order valence-corrected chi connectivity index (χ1v) is 6.47. The number of benzene rings is 1. The number of hydrogen-bond acceptors (Lipinski definition) is 0. The average molecular weight is 364 g/mol. The Hall–Kier alpha value is -0.986. The van der Waals surface area contributed by atoms with Gasteiger partial charge in [0.15, 0.2) is 0 Å². The van der Waals surface area contributed by atoms with Crippen LogP contribution in [0.2, 0.25) is 0 Å². The van der Waals surface area contributed by atoms with E-state index in [1.54, 1.807) is 0 Å². The third-order valence-corrected chi connectivity index (χ3v) is 3.20. The SMILES string of the molecule is [C-]1=CC=CC1.[C-]1=Cc2ccccc2C1n1cccc1.[Cl-].[Cl-].[Ti+4]. The van der Waals surface area contributed by atoms with Gasteiger partial charge in [-0.3, -0.25) is 6.08 Å². The van der Waals surface area contributed by atoms with E-state index in [0.29, 0.717) is 0 Å². The van der Waals surface area contributed by atoms with Gasteiger partial charge in [-0.15, -0.1) is 18.1 Å². The minimum atomic E-state index is 0. The molecule has 0 aliphatic heterocycles. The Bertz CT molecular complexity index is 620. The first-order valence-electron chi connectivity index (χ1n) is 6.47. The van der Waals surface area contributed by atoms with Crippen molar-refractivity contribution in [3.05, 3.63) is 90.3 Å². The fourth-order valence-corrected chi connectivity index (χ4v) is 2.26. The van der Waals surface area contributed by atoms with Crippen molar-refractivity contribution in [3.8, 4) is 0 Å². The van der Waals surface area contributed by atoms with Gasteiger partial charge < -0.3 is 29.4 Å². The van der Waals surface area contributed by atoms with Gasteiger partial charge in [-0.25, -0.2) is 24.3 Å². The molecule has 0 amide bonds. The molecular formula is C18H15Cl2NTi. The van der Waals surface area contributed by atoms with Gasteiger partial charge in [0.05, 0.1) is 0 Å². The largest absolute Gasteiger partial charge is 4.00 e. The Morgan fingerprint density at radius 3 is 2.32 bits per heavy atom. The van der Waals surface area contributed by atoms with Crippen LogP contribution in [0, 0.1) is 12.2 Å². The first-order chi connectivity index (χ1) is 9.45. The molecular weight excluding hydrogens is 349 g/mol. The molecule has 4 heteroatoms. The molecule has 1 aromatic heterocycles. The molecule has 1 atom stereocenters. The van der Waals surface area contributed by atoms with Crippen LogP contribution >= 0.6 is 0 Å². The molecule has 4 rings (SSSR count). The number of aromatic nitrogens is 1. The molecule has 0 fully saturated rings. The van der Waals surface area contributed by atoms with Crippen molar-refractivity contribution in [3.63, 3.8) is 0 Å². The van der Waals surface area contributed by atoms with E-state index in [0.717, 1.165) is 6.42 Å². The van der Waals surface area contributed by atoms with Crippen LogP contribution in [0.5, 0.6) is 0 Å². The van der Waals surface area contributed by atoms with Gasteiger partial charge >= 0.3 is 21.7 Å². The van der Waals surface area contributed by atoms with Crippen molar-refractivity contribution < 1.29 is 46.5 Å². The third kappa shape index (κ3) is 5.03. The molecule has 1 unspecified atom stereocenters. The average Bonchev–Trinajstić information content (AvgIpc) is 3.21. The summed E-state index contributed by atoms with van der Waals surface area (Å²) in [4.78, 5) is 0. The first kappa shape index (κ1) is 21.0. The summed E-state index contributed by atoms with van der Waals surface area (Å²) in [5.41, 5.74) is 2.62. The topological polar surface area (TPSA) is 4.93 Å². The van der Waals surface area contributed by atoms with E-state index in [1.165, 1.54) is 11.1 Å². The van der Waals surface area contributed by atoms with E-state index in [2.05, 4.69) is 65.5 Å². The van der Waals surface area contributed by atoms with E-state index < -0.39 is 0 Å². The summed E-state index contributed by atoms with van der Waals surface area (Å²) in [6.45, 7) is 0. The zero-order valence-electron chi connectivity index (χ0n) is 11.9. The van der Waals surface area contributed by atoms with Gasteiger partial charge in [0.2, 0.25) is 0 Å². The molecule has 2 aromatic rings. The monoisotopic (exact) mass is 363 g/mol. The predicted octanol–water partition coefficient (Wildman–Crippen LogP) is -1.78. The molecule has 0 bridgehead atoms. The maximum Gasteiger partial charge on any atom is 4.00 e. The van der Waals surface area contributed by atoms with E-state index in [1.807, 2.05) is 24.3 Å². The Kier molecular flexibility index (Phi) is 10.2. The molecule has 1 nitrogen and oxygen atoms in total. The summed E-state index contributed by atoms with van der Waals surface area (Å²) in [6.07, 6.45) is 19.6. The smallest absolute Gasteiger partial charge is 1.00 e. The van der Waals surface area contributed by atoms with E-state index in [9.17, 15) is 0 Å². The molecule has 0 radical (unpaired) electrons. The molecule has 2 aliphatic carbocycles. The van der Waals surface area contributed by atoms with Crippen LogP contribution in [-0.4, -0.2) is 4.57 Å². The second kappa shape index (κ2) is 10.7. The fourth-order valence-electron chi connectivity index (χ4n) is 2.26. The van der Waals surface area contributed by atoms with Crippen LogP contribution in [0.1, 0.15) is 23.6 Å². The van der Waals surface area contributed by atoms with Crippen LogP contribution in [0.25, 0.3) is 6.08 Å². The minimum absolute atomic E-state index is 0. The van der Waals surface area contributed by atoms with Gasteiger partial charge in [-0.2, -0.15) is 11.6 Å². The summed E-state index contributed by atoms with van der Waals surface area (Å²) in [5, 5.41) is 0. The van der Waals surface area contributed by atoms with Crippen molar-refractivity contribution in [1.29, 1.82) is 0 Å². The summed E-state index contributed by atoms with van der Waals surface area (Å²) >= 11 is 0. The number of halogens is 2. The van der Waals surface area contributed by atoms with Crippen molar-refractivity contribution in [2.45, 2.75) is 12.5 Å². The normalized spacial score (nSPS) is 15.7. The van der Waals surface area contributed by atoms with Crippen LogP contribution in [-0.2, 0) is 21.7 Å². The zero-order valence-corrected chi connectivity index (χ0v) is 15.0. The predicted molar refractivity (Wildman–Crippen MR) is 78.3 cm³/mol. The maximum absolute atomic E-state index is 3.36. The molecule has 0 saturated heterocycles. The molecule has 1 aromatic carbocycles. The van der Waals surface area contributed by atoms with Crippen LogP contribution < -0.4 is 24.8 Å². The van der Waals surface area contributed by atoms with Crippen LogP contribution in [0.4, 0.5) is 0 Å². The van der Waals surface area contributed by atoms with Gasteiger partial charge in [0, 0.05) is 12.4 Å². The van der Waals surface area contributed by atoms with E-state index in [-0.39, 0.29) is 52.6 Å². The Morgan fingerprint density at radius 2 is 1.73 bits per heavy atom. The molecule has 0 spiro atoms. The summed E-state index contributed by atoms with van der Waals surface area (Å²) in [5.74, 6) is 0. The van der Waals surface area contributed by atoms with E-state index >= 15 is 0 Å². The Labute approximate surface area is 159 Å².